The molecule has 1 unspecified atom stereocenters. The van der Waals surface area contributed by atoms with Crippen molar-refractivity contribution in [1.29, 1.82) is 0 Å². The lowest BCUT2D eigenvalue weighted by molar-refractivity contribution is 0.440. The average molecular weight is 321 g/mol. The van der Waals surface area contributed by atoms with Gasteiger partial charge in [-0.1, -0.05) is 18.2 Å². The molecule has 6 heteroatoms. The molecule has 4 rings (SSSR count). The van der Waals surface area contributed by atoms with Crippen LogP contribution in [0.2, 0.25) is 0 Å². The second-order valence-corrected chi connectivity index (χ2v) is 5.74. The molecule has 1 atom stereocenters. The van der Waals surface area contributed by atoms with Gasteiger partial charge in [-0.15, -0.1) is 0 Å². The number of halogens is 1. The van der Waals surface area contributed by atoms with Gasteiger partial charge in [0.15, 0.2) is 5.82 Å². The SMILES string of the molecule is CC(Cn1cccn1)n1ccnc1-c1ccc2cccc(F)c2n1. The Morgan fingerprint density at radius 2 is 2.00 bits per heavy atom. The summed E-state index contributed by atoms with van der Waals surface area (Å²) < 4.78 is 17.9. The molecule has 0 aliphatic carbocycles. The highest BCUT2D eigenvalue weighted by Crippen LogP contribution is 2.24. The van der Waals surface area contributed by atoms with Gasteiger partial charge in [-0.3, -0.25) is 4.68 Å². The quantitative estimate of drug-likeness (QED) is 0.576. The van der Waals surface area contributed by atoms with Crippen LogP contribution in [0.5, 0.6) is 0 Å². The highest BCUT2D eigenvalue weighted by Gasteiger charge is 2.14. The van der Waals surface area contributed by atoms with Gasteiger partial charge < -0.3 is 4.57 Å². The number of fused-ring (bicyclic) bond motifs is 1. The van der Waals surface area contributed by atoms with Crippen LogP contribution in [0, 0.1) is 5.82 Å². The summed E-state index contributed by atoms with van der Waals surface area (Å²) in [4.78, 5) is 8.90. The van der Waals surface area contributed by atoms with Crippen molar-refractivity contribution in [3.63, 3.8) is 0 Å². The van der Waals surface area contributed by atoms with Gasteiger partial charge in [-0.05, 0) is 25.1 Å². The van der Waals surface area contributed by atoms with Crippen LogP contribution in [0.15, 0.2) is 61.2 Å². The van der Waals surface area contributed by atoms with Crippen molar-refractivity contribution < 1.29 is 4.39 Å². The largest absolute Gasteiger partial charge is 0.325 e. The van der Waals surface area contributed by atoms with Crippen LogP contribution in [0.1, 0.15) is 13.0 Å². The van der Waals surface area contributed by atoms with Crippen molar-refractivity contribution in [2.24, 2.45) is 0 Å². The van der Waals surface area contributed by atoms with E-state index in [1.165, 1.54) is 6.07 Å². The Morgan fingerprint density at radius 3 is 2.83 bits per heavy atom. The van der Waals surface area contributed by atoms with Crippen LogP contribution >= 0.6 is 0 Å². The zero-order valence-corrected chi connectivity index (χ0v) is 13.2. The Bertz CT molecular complexity index is 974. The minimum Gasteiger partial charge on any atom is -0.325 e. The molecule has 0 saturated heterocycles. The molecule has 0 N–H and O–H groups in total. The second kappa shape index (κ2) is 5.88. The molecule has 0 fully saturated rings. The minimum absolute atomic E-state index is 0.139. The van der Waals surface area contributed by atoms with E-state index in [1.807, 2.05) is 45.9 Å². The van der Waals surface area contributed by atoms with E-state index in [4.69, 9.17) is 0 Å². The number of nitrogens with zero attached hydrogens (tertiary/aromatic N) is 5. The molecule has 1 aromatic carbocycles. The number of rotatable bonds is 4. The second-order valence-electron chi connectivity index (χ2n) is 5.74. The Hall–Kier alpha value is -3.02. The summed E-state index contributed by atoms with van der Waals surface area (Å²) in [6, 6.07) is 10.7. The molecule has 5 nitrogen and oxygen atoms in total. The fraction of sp³-hybridized carbons (Fsp3) is 0.167. The van der Waals surface area contributed by atoms with E-state index >= 15 is 0 Å². The zero-order valence-electron chi connectivity index (χ0n) is 13.2. The summed E-state index contributed by atoms with van der Waals surface area (Å²) in [5, 5.41) is 5.02. The summed E-state index contributed by atoms with van der Waals surface area (Å²) in [7, 11) is 0. The summed E-state index contributed by atoms with van der Waals surface area (Å²) in [6.45, 7) is 2.81. The smallest absolute Gasteiger partial charge is 0.158 e. The van der Waals surface area contributed by atoms with Crippen molar-refractivity contribution in [1.82, 2.24) is 24.3 Å². The predicted octanol–water partition coefficient (Wildman–Crippen LogP) is 3.70. The molecular weight excluding hydrogens is 305 g/mol. The third kappa shape index (κ3) is 2.56. The van der Waals surface area contributed by atoms with Gasteiger partial charge >= 0.3 is 0 Å². The van der Waals surface area contributed by atoms with E-state index in [-0.39, 0.29) is 11.9 Å². The molecule has 3 heterocycles. The van der Waals surface area contributed by atoms with Gasteiger partial charge in [0.25, 0.3) is 0 Å². The molecule has 0 amide bonds. The first-order valence-electron chi connectivity index (χ1n) is 7.78. The first-order valence-corrected chi connectivity index (χ1v) is 7.78. The van der Waals surface area contributed by atoms with Gasteiger partial charge in [0.2, 0.25) is 0 Å². The molecular formula is C18H16FN5. The Kier molecular flexibility index (Phi) is 3.57. The van der Waals surface area contributed by atoms with Crippen molar-refractivity contribution in [3.05, 3.63) is 67.0 Å². The Morgan fingerprint density at radius 1 is 1.08 bits per heavy atom. The minimum atomic E-state index is -0.322. The van der Waals surface area contributed by atoms with Crippen LogP contribution in [-0.2, 0) is 6.54 Å². The molecule has 0 spiro atoms. The van der Waals surface area contributed by atoms with Gasteiger partial charge in [0, 0.05) is 30.2 Å². The fourth-order valence-electron chi connectivity index (χ4n) is 2.87. The molecule has 3 aromatic heterocycles. The number of hydrogen-bond acceptors (Lipinski definition) is 3. The lowest BCUT2D eigenvalue weighted by atomic mass is 10.2. The van der Waals surface area contributed by atoms with E-state index in [0.29, 0.717) is 11.2 Å². The lowest BCUT2D eigenvalue weighted by Crippen LogP contribution is -2.14. The van der Waals surface area contributed by atoms with Crippen LogP contribution in [0.4, 0.5) is 4.39 Å². The number of pyridine rings is 1. The van der Waals surface area contributed by atoms with Gasteiger partial charge in [-0.25, -0.2) is 14.4 Å². The number of imidazole rings is 1. The van der Waals surface area contributed by atoms with Gasteiger partial charge in [-0.2, -0.15) is 5.10 Å². The lowest BCUT2D eigenvalue weighted by Gasteiger charge is -2.16. The predicted molar refractivity (Wildman–Crippen MR) is 89.9 cm³/mol. The third-order valence-electron chi connectivity index (χ3n) is 4.05. The maximum absolute atomic E-state index is 14.0. The number of aromatic nitrogens is 5. The van der Waals surface area contributed by atoms with Crippen molar-refractivity contribution in [2.45, 2.75) is 19.5 Å². The maximum Gasteiger partial charge on any atom is 0.158 e. The van der Waals surface area contributed by atoms with E-state index in [0.717, 1.165) is 17.8 Å². The zero-order chi connectivity index (χ0) is 16.5. The number of benzene rings is 1. The Labute approximate surface area is 138 Å². The van der Waals surface area contributed by atoms with E-state index in [2.05, 4.69) is 22.0 Å². The first-order chi connectivity index (χ1) is 11.7. The maximum atomic E-state index is 14.0. The van der Waals surface area contributed by atoms with Crippen LogP contribution in [0.3, 0.4) is 0 Å². The highest BCUT2D eigenvalue weighted by molar-refractivity contribution is 5.81. The standard InChI is InChI=1S/C18H16FN5/c1-13(12-23-10-3-8-21-23)24-11-9-20-18(24)16-7-6-14-4-2-5-15(19)17(14)22-16/h2-11,13H,12H2,1H3. The van der Waals surface area contributed by atoms with E-state index < -0.39 is 0 Å². The third-order valence-corrected chi connectivity index (χ3v) is 4.05. The van der Waals surface area contributed by atoms with Crippen LogP contribution in [0.25, 0.3) is 22.4 Å². The molecule has 24 heavy (non-hydrogen) atoms. The molecule has 0 saturated carbocycles. The van der Waals surface area contributed by atoms with Crippen molar-refractivity contribution in [3.8, 4) is 11.5 Å². The normalized spacial score (nSPS) is 12.6. The molecule has 0 aliphatic heterocycles. The summed E-state index contributed by atoms with van der Waals surface area (Å²) in [5.41, 5.74) is 1.02. The van der Waals surface area contributed by atoms with E-state index in [9.17, 15) is 4.39 Å². The summed E-state index contributed by atoms with van der Waals surface area (Å²) >= 11 is 0. The number of para-hydroxylation sites is 1. The molecule has 120 valence electrons. The van der Waals surface area contributed by atoms with Gasteiger partial charge in [0.1, 0.15) is 17.0 Å². The topological polar surface area (TPSA) is 48.5 Å². The van der Waals surface area contributed by atoms with E-state index in [1.54, 1.807) is 18.5 Å². The summed E-state index contributed by atoms with van der Waals surface area (Å²) in [6.07, 6.45) is 7.34. The molecule has 0 bridgehead atoms. The summed E-state index contributed by atoms with van der Waals surface area (Å²) in [5.74, 6) is 0.400. The van der Waals surface area contributed by atoms with Crippen molar-refractivity contribution in [2.75, 3.05) is 0 Å². The first kappa shape index (κ1) is 14.6. The molecule has 0 radical (unpaired) electrons. The van der Waals surface area contributed by atoms with Crippen LogP contribution < -0.4 is 0 Å². The van der Waals surface area contributed by atoms with Crippen molar-refractivity contribution >= 4 is 10.9 Å². The van der Waals surface area contributed by atoms with Crippen LogP contribution in [-0.4, -0.2) is 24.3 Å². The monoisotopic (exact) mass is 321 g/mol. The molecule has 4 aromatic rings. The van der Waals surface area contributed by atoms with Gasteiger partial charge in [0.05, 0.1) is 12.6 Å². The average Bonchev–Trinajstić information content (AvgIpc) is 3.26. The molecule has 0 aliphatic rings. The fourth-order valence-corrected chi connectivity index (χ4v) is 2.87. The Balaban J connectivity index is 1.73. The highest BCUT2D eigenvalue weighted by atomic mass is 19.1. The number of hydrogen-bond donors (Lipinski definition) is 0.